The molecule has 0 saturated heterocycles. The minimum absolute atomic E-state index is 0. The van der Waals surface area contributed by atoms with Gasteiger partial charge in [0.1, 0.15) is 12.2 Å². The fourth-order valence-electron chi connectivity index (χ4n) is 0.546. The van der Waals surface area contributed by atoms with Crippen LogP contribution in [0.1, 0.15) is 13.8 Å². The van der Waals surface area contributed by atoms with Crippen molar-refractivity contribution in [3.63, 3.8) is 0 Å². The Labute approximate surface area is 166 Å². The number of hydrogen-bond donors (Lipinski definition) is 4. The minimum Gasteiger partial charge on any atom is -0.548 e. The summed E-state index contributed by atoms with van der Waals surface area (Å²) in [6, 6.07) is -1.01. The average molecular weight is 441 g/mol. The van der Waals surface area contributed by atoms with Crippen LogP contribution in [0.5, 0.6) is 0 Å². The van der Waals surface area contributed by atoms with E-state index in [1.807, 2.05) is 0 Å². The second-order valence-electron chi connectivity index (χ2n) is 3.98. The molecule has 0 heterocycles. The Morgan fingerprint density at radius 3 is 1.29 bits per heavy atom. The van der Waals surface area contributed by atoms with Crippen LogP contribution in [0.25, 0.3) is 0 Å². The SMILES string of the molecule is CC(C)(S)C(N)C(=O)[O-].O=C([O-])C(O)C(O)C(=O)[O-].[Na+].[Sb+3]. The Balaban J connectivity index is -0.000000126. The maximum atomic E-state index is 10.1. The predicted molar refractivity (Wildman–Crippen MR) is 63.8 cm³/mol. The summed E-state index contributed by atoms with van der Waals surface area (Å²) in [6.45, 7) is 3.24. The normalized spacial score (nSPS) is 14.0. The third-order valence-electron chi connectivity index (χ3n) is 1.80. The van der Waals surface area contributed by atoms with Crippen molar-refractivity contribution in [2.45, 2.75) is 36.8 Å². The average Bonchev–Trinajstić information content (AvgIpc) is 2.25. The molecule has 0 fully saturated rings. The summed E-state index contributed by atoms with van der Waals surface area (Å²) in [4.78, 5) is 29.3. The molecular weight excluding hydrogens is 427 g/mol. The number of aliphatic hydroxyl groups is 2. The van der Waals surface area contributed by atoms with Gasteiger partial charge in [-0.1, -0.05) is 0 Å². The van der Waals surface area contributed by atoms with E-state index in [1.54, 1.807) is 13.8 Å². The molecule has 114 valence electrons. The van der Waals surface area contributed by atoms with E-state index in [9.17, 15) is 29.7 Å². The van der Waals surface area contributed by atoms with E-state index in [0.717, 1.165) is 0 Å². The second kappa shape index (κ2) is 12.9. The number of aliphatic hydroxyl groups excluding tert-OH is 2. The largest absolute Gasteiger partial charge is 3.00 e. The third-order valence-corrected chi connectivity index (χ3v) is 2.08. The van der Waals surface area contributed by atoms with Crippen LogP contribution in [0.3, 0.4) is 0 Å². The van der Waals surface area contributed by atoms with E-state index >= 15 is 0 Å². The van der Waals surface area contributed by atoms with E-state index in [2.05, 4.69) is 12.6 Å². The molecule has 0 amide bonds. The van der Waals surface area contributed by atoms with Gasteiger partial charge in [-0.3, -0.25) is 0 Å². The van der Waals surface area contributed by atoms with Crippen LogP contribution in [0, 0.1) is 0 Å². The molecule has 0 aromatic carbocycles. The number of nitrogens with two attached hydrogens (primary N) is 1. The number of carbonyl (C=O) groups is 3. The molecule has 0 aromatic heterocycles. The number of carboxylic acid groups (broad SMARTS) is 3. The Kier molecular flexibility index (Phi) is 18.2. The standard InChI is InChI=1S/C5H11NO2S.C4H6O6.Na.Sb/c1-5(2,9)3(6)4(7)8;5-1(3(7)8)2(6)4(9)10;;/h3,9H,6H2,1-2H3,(H,7,8);1-2,5-6H,(H,7,8)(H,9,10);;/q;;+1;+3/p-3. The molecule has 2 radical (unpaired) electrons. The summed E-state index contributed by atoms with van der Waals surface area (Å²) in [5, 5.41) is 45.8. The Bertz CT molecular complexity index is 333. The zero-order valence-corrected chi connectivity index (χ0v) is 17.0. The van der Waals surface area contributed by atoms with E-state index in [4.69, 9.17) is 15.9 Å². The molecule has 0 aliphatic heterocycles. The number of carbonyl (C=O) groups excluding carboxylic acids is 3. The maximum absolute atomic E-state index is 10.1. The first-order valence-corrected chi connectivity index (χ1v) is 5.23. The van der Waals surface area contributed by atoms with Gasteiger partial charge in [0.05, 0.1) is 23.9 Å². The number of aliphatic carboxylic acids is 3. The summed E-state index contributed by atoms with van der Waals surface area (Å²) in [5.41, 5.74) is 5.16. The summed E-state index contributed by atoms with van der Waals surface area (Å²) >= 11 is 3.94. The molecule has 0 aliphatic rings. The van der Waals surface area contributed by atoms with Gasteiger partial charge in [0.25, 0.3) is 0 Å². The molecule has 0 aliphatic carbocycles. The molecule has 3 unspecified atom stereocenters. The van der Waals surface area contributed by atoms with Crippen molar-refractivity contribution in [3.8, 4) is 0 Å². The quantitative estimate of drug-likeness (QED) is 0.237. The van der Waals surface area contributed by atoms with Gasteiger partial charge in [0.15, 0.2) is 0 Å². The first-order chi connectivity index (χ1) is 8.32. The number of carboxylic acids is 3. The summed E-state index contributed by atoms with van der Waals surface area (Å²) in [6.07, 6.45) is -4.88. The fourth-order valence-corrected chi connectivity index (χ4v) is 0.652. The van der Waals surface area contributed by atoms with Gasteiger partial charge in [0.2, 0.25) is 0 Å². The van der Waals surface area contributed by atoms with E-state index < -0.39 is 40.9 Å². The Morgan fingerprint density at radius 1 is 1.00 bits per heavy atom. The zero-order valence-electron chi connectivity index (χ0n) is 11.5. The monoisotopic (exact) mass is 440 g/mol. The van der Waals surface area contributed by atoms with Crippen LogP contribution in [0.2, 0.25) is 0 Å². The van der Waals surface area contributed by atoms with Gasteiger partial charge in [0, 0.05) is 4.75 Å². The molecule has 0 saturated carbocycles. The number of hydrogen-bond acceptors (Lipinski definition) is 10. The molecule has 21 heavy (non-hydrogen) atoms. The van der Waals surface area contributed by atoms with Gasteiger partial charge in [-0.25, -0.2) is 0 Å². The van der Waals surface area contributed by atoms with E-state index in [1.165, 1.54) is 0 Å². The van der Waals surface area contributed by atoms with Crippen LogP contribution >= 0.6 is 12.6 Å². The zero-order chi connectivity index (χ0) is 16.0. The van der Waals surface area contributed by atoms with Crippen LogP contribution in [-0.4, -0.2) is 75.5 Å². The van der Waals surface area contributed by atoms with Crippen molar-refractivity contribution in [1.82, 2.24) is 0 Å². The van der Waals surface area contributed by atoms with Gasteiger partial charge in [-0.2, -0.15) is 12.6 Å². The minimum atomic E-state index is -2.44. The molecule has 3 atom stereocenters. The molecule has 0 bridgehead atoms. The van der Waals surface area contributed by atoms with Crippen molar-refractivity contribution in [1.29, 1.82) is 0 Å². The van der Waals surface area contributed by atoms with Gasteiger partial charge < -0.3 is 45.6 Å². The summed E-state index contributed by atoms with van der Waals surface area (Å²) in [5.74, 6) is -5.39. The number of thiol groups is 1. The summed E-state index contributed by atoms with van der Waals surface area (Å²) in [7, 11) is 0. The van der Waals surface area contributed by atoms with Crippen molar-refractivity contribution in [2.75, 3.05) is 0 Å². The predicted octanol–water partition coefficient (Wildman–Crippen LogP) is -9.40. The van der Waals surface area contributed by atoms with Crippen molar-refractivity contribution < 1.29 is 69.5 Å². The van der Waals surface area contributed by atoms with Crippen molar-refractivity contribution in [2.24, 2.45) is 5.73 Å². The van der Waals surface area contributed by atoms with Crippen LogP contribution < -0.4 is 50.6 Å². The van der Waals surface area contributed by atoms with Crippen molar-refractivity contribution in [3.05, 3.63) is 0 Å². The van der Waals surface area contributed by atoms with Gasteiger partial charge in [-0.05, 0) is 13.8 Å². The molecular formula is C9H14NNaO8SSb+. The molecule has 0 spiro atoms. The Hall–Kier alpha value is 0.458. The second-order valence-corrected chi connectivity index (χ2v) is 5.13. The maximum Gasteiger partial charge on any atom is 3.00 e. The van der Waals surface area contributed by atoms with Crippen LogP contribution in [-0.2, 0) is 14.4 Å². The molecule has 4 N–H and O–H groups in total. The third kappa shape index (κ3) is 13.8. The fraction of sp³-hybridized carbons (Fsp3) is 0.667. The van der Waals surface area contributed by atoms with Crippen LogP contribution in [0.15, 0.2) is 0 Å². The Morgan fingerprint density at radius 2 is 1.24 bits per heavy atom. The first-order valence-electron chi connectivity index (χ1n) is 4.79. The topological polar surface area (TPSA) is 187 Å². The molecule has 0 aromatic rings. The van der Waals surface area contributed by atoms with E-state index in [0.29, 0.717) is 0 Å². The van der Waals surface area contributed by atoms with Crippen molar-refractivity contribution >= 4 is 55.0 Å². The number of rotatable bonds is 5. The van der Waals surface area contributed by atoms with Gasteiger partial charge in [-0.15, -0.1) is 0 Å². The summed E-state index contributed by atoms with van der Waals surface area (Å²) < 4.78 is -0.709. The van der Waals surface area contributed by atoms with Crippen LogP contribution in [0.4, 0.5) is 0 Å². The van der Waals surface area contributed by atoms with Gasteiger partial charge >= 0.3 is 54.0 Å². The molecule has 0 rings (SSSR count). The van der Waals surface area contributed by atoms with E-state index in [-0.39, 0.29) is 54.0 Å². The molecule has 9 nitrogen and oxygen atoms in total. The molecule has 12 heteroatoms. The smallest absolute Gasteiger partial charge is 0.548 e. The first kappa shape index (κ1) is 29.5.